The molecule has 0 spiro atoms. The number of nitrogens with one attached hydrogen (secondary N) is 2. The number of hydroxylamine groups is 1. The average Bonchev–Trinajstić information content (AvgIpc) is 2.15. The lowest BCUT2D eigenvalue weighted by Crippen LogP contribution is -2.50. The van der Waals surface area contributed by atoms with Crippen molar-refractivity contribution < 1.29 is 14.8 Å². The third-order valence-electron chi connectivity index (χ3n) is 1.92. The van der Waals surface area contributed by atoms with Crippen LogP contribution in [0.2, 0.25) is 0 Å². The highest BCUT2D eigenvalue weighted by Gasteiger charge is 2.20. The van der Waals surface area contributed by atoms with Gasteiger partial charge in [-0.25, -0.2) is 5.48 Å². The van der Waals surface area contributed by atoms with Crippen molar-refractivity contribution in [1.82, 2.24) is 10.8 Å². The van der Waals surface area contributed by atoms with Gasteiger partial charge in [-0.15, -0.1) is 0 Å². The summed E-state index contributed by atoms with van der Waals surface area (Å²) in [5.41, 5.74) is 7.06. The fourth-order valence-corrected chi connectivity index (χ4v) is 1.10. The normalized spacial score (nSPS) is 14.5. The molecule has 0 saturated carbocycles. The Morgan fingerprint density at radius 2 is 1.80 bits per heavy atom. The zero-order valence-corrected chi connectivity index (χ0v) is 9.28. The number of nitrogens with two attached hydrogens (primary N) is 1. The number of amides is 2. The van der Waals surface area contributed by atoms with E-state index in [1.165, 1.54) is 12.4 Å². The van der Waals surface area contributed by atoms with Gasteiger partial charge in [0.2, 0.25) is 5.91 Å². The highest BCUT2D eigenvalue weighted by molar-refractivity contribution is 5.88. The molecule has 88 valence electrons. The minimum atomic E-state index is -0.791. The van der Waals surface area contributed by atoms with Gasteiger partial charge in [0, 0.05) is 0 Å². The minimum absolute atomic E-state index is 0.313. The number of rotatable bonds is 5. The number of hydrogen-bond donors (Lipinski definition) is 4. The topological polar surface area (TPSA) is 104 Å². The molecule has 2 amide bonds. The summed E-state index contributed by atoms with van der Waals surface area (Å²) in [6.45, 7) is 5.37. The molecule has 0 aliphatic heterocycles. The minimum Gasteiger partial charge on any atom is -0.343 e. The Balaban J connectivity index is 4.07. The van der Waals surface area contributed by atoms with Gasteiger partial charge in [0.05, 0.1) is 6.04 Å². The van der Waals surface area contributed by atoms with E-state index in [2.05, 4.69) is 5.32 Å². The van der Waals surface area contributed by atoms with Crippen LogP contribution < -0.4 is 16.5 Å². The van der Waals surface area contributed by atoms with E-state index < -0.39 is 18.0 Å². The second-order valence-electron chi connectivity index (χ2n) is 3.94. The summed E-state index contributed by atoms with van der Waals surface area (Å²) >= 11 is 0. The fourth-order valence-electron chi connectivity index (χ4n) is 1.10. The Morgan fingerprint density at radius 1 is 1.27 bits per heavy atom. The number of carbonyl (C=O) groups excluding carboxylic acids is 2. The lowest BCUT2D eigenvalue weighted by Gasteiger charge is -2.17. The molecule has 0 radical (unpaired) electrons. The third kappa shape index (κ3) is 5.34. The molecule has 0 aromatic rings. The van der Waals surface area contributed by atoms with E-state index in [1.807, 2.05) is 13.8 Å². The molecule has 2 atom stereocenters. The van der Waals surface area contributed by atoms with Crippen molar-refractivity contribution in [3.63, 3.8) is 0 Å². The van der Waals surface area contributed by atoms with Gasteiger partial charge < -0.3 is 11.1 Å². The van der Waals surface area contributed by atoms with Crippen molar-refractivity contribution >= 4 is 11.8 Å². The van der Waals surface area contributed by atoms with Crippen LogP contribution in [0.25, 0.3) is 0 Å². The third-order valence-corrected chi connectivity index (χ3v) is 1.92. The molecule has 15 heavy (non-hydrogen) atoms. The lowest BCUT2D eigenvalue weighted by atomic mass is 10.0. The van der Waals surface area contributed by atoms with Gasteiger partial charge in [-0.2, -0.15) is 0 Å². The Morgan fingerprint density at radius 3 is 2.20 bits per heavy atom. The molecule has 0 saturated heterocycles. The first-order valence-corrected chi connectivity index (χ1v) is 4.88. The second-order valence-corrected chi connectivity index (χ2v) is 3.94. The van der Waals surface area contributed by atoms with Crippen LogP contribution in [-0.2, 0) is 9.59 Å². The first-order valence-electron chi connectivity index (χ1n) is 4.88. The van der Waals surface area contributed by atoms with Crippen molar-refractivity contribution in [2.45, 2.75) is 39.3 Å². The zero-order chi connectivity index (χ0) is 12.0. The van der Waals surface area contributed by atoms with Crippen LogP contribution in [0.1, 0.15) is 27.2 Å². The molecular formula is C9H19N3O3. The van der Waals surface area contributed by atoms with E-state index in [0.29, 0.717) is 12.3 Å². The van der Waals surface area contributed by atoms with E-state index in [1.54, 1.807) is 0 Å². The van der Waals surface area contributed by atoms with Crippen molar-refractivity contribution in [2.24, 2.45) is 11.7 Å². The maximum absolute atomic E-state index is 11.4. The SMILES string of the molecule is CC(C)C[C@H](N)C(=O)N[C@@H](C)C(=O)NO. The van der Waals surface area contributed by atoms with Crippen molar-refractivity contribution in [2.75, 3.05) is 0 Å². The molecule has 0 bridgehead atoms. The predicted octanol–water partition coefficient (Wildman–Crippen LogP) is -0.630. The van der Waals surface area contributed by atoms with Crippen LogP contribution in [0.4, 0.5) is 0 Å². The maximum Gasteiger partial charge on any atom is 0.265 e. The molecule has 0 aromatic carbocycles. The Hall–Kier alpha value is -1.14. The Labute approximate surface area is 89.2 Å². The Kier molecular flexibility index (Phi) is 5.88. The van der Waals surface area contributed by atoms with Crippen molar-refractivity contribution in [3.05, 3.63) is 0 Å². The molecule has 0 rings (SSSR count). The summed E-state index contributed by atoms with van der Waals surface area (Å²) < 4.78 is 0. The van der Waals surface area contributed by atoms with E-state index in [4.69, 9.17) is 10.9 Å². The van der Waals surface area contributed by atoms with E-state index in [-0.39, 0.29) is 5.91 Å². The van der Waals surface area contributed by atoms with Crippen LogP contribution >= 0.6 is 0 Å². The lowest BCUT2D eigenvalue weighted by molar-refractivity contribution is -0.134. The van der Waals surface area contributed by atoms with Crippen LogP contribution in [0, 0.1) is 5.92 Å². The zero-order valence-electron chi connectivity index (χ0n) is 9.28. The molecule has 0 fully saturated rings. The summed E-state index contributed by atoms with van der Waals surface area (Å²) in [5.74, 6) is -0.743. The van der Waals surface area contributed by atoms with Crippen LogP contribution in [0.3, 0.4) is 0 Å². The van der Waals surface area contributed by atoms with Crippen LogP contribution in [0.15, 0.2) is 0 Å². The summed E-state index contributed by atoms with van der Waals surface area (Å²) in [4.78, 5) is 22.3. The number of carbonyl (C=O) groups is 2. The first kappa shape index (κ1) is 13.9. The quantitative estimate of drug-likeness (QED) is 0.363. The van der Waals surface area contributed by atoms with E-state index >= 15 is 0 Å². The molecule has 0 unspecified atom stereocenters. The van der Waals surface area contributed by atoms with Gasteiger partial charge in [0.1, 0.15) is 6.04 Å². The predicted molar refractivity (Wildman–Crippen MR) is 55.0 cm³/mol. The fraction of sp³-hybridized carbons (Fsp3) is 0.778. The van der Waals surface area contributed by atoms with Crippen LogP contribution in [-0.4, -0.2) is 29.1 Å². The summed E-state index contributed by atoms with van der Waals surface area (Å²) in [6.07, 6.45) is 0.555. The molecule has 0 heterocycles. The molecule has 6 nitrogen and oxygen atoms in total. The second kappa shape index (κ2) is 6.36. The van der Waals surface area contributed by atoms with Gasteiger partial charge in [0.25, 0.3) is 5.91 Å². The highest BCUT2D eigenvalue weighted by Crippen LogP contribution is 2.02. The molecule has 6 heteroatoms. The molecular weight excluding hydrogens is 198 g/mol. The first-order chi connectivity index (χ1) is 6.88. The molecule has 0 aromatic heterocycles. The number of hydrogen-bond acceptors (Lipinski definition) is 4. The van der Waals surface area contributed by atoms with Gasteiger partial charge in [0.15, 0.2) is 0 Å². The Bertz CT molecular complexity index is 231. The molecule has 5 N–H and O–H groups in total. The molecule has 0 aliphatic rings. The van der Waals surface area contributed by atoms with Crippen molar-refractivity contribution in [1.29, 1.82) is 0 Å². The summed E-state index contributed by atoms with van der Waals surface area (Å²) in [6, 6.07) is -1.42. The monoisotopic (exact) mass is 217 g/mol. The van der Waals surface area contributed by atoms with Crippen LogP contribution in [0.5, 0.6) is 0 Å². The van der Waals surface area contributed by atoms with Gasteiger partial charge in [-0.1, -0.05) is 13.8 Å². The summed E-state index contributed by atoms with van der Waals surface area (Å²) in [5, 5.41) is 10.7. The average molecular weight is 217 g/mol. The van der Waals surface area contributed by atoms with E-state index in [0.717, 1.165) is 0 Å². The highest BCUT2D eigenvalue weighted by atomic mass is 16.5. The van der Waals surface area contributed by atoms with Gasteiger partial charge in [-0.3, -0.25) is 14.8 Å². The molecule has 0 aliphatic carbocycles. The standard InChI is InChI=1S/C9H19N3O3/c1-5(2)4-7(10)9(14)11-6(3)8(13)12-15/h5-7,15H,4,10H2,1-3H3,(H,11,14)(H,12,13)/t6-,7-/m0/s1. The summed E-state index contributed by atoms with van der Waals surface area (Å²) in [7, 11) is 0. The van der Waals surface area contributed by atoms with Gasteiger partial charge in [-0.05, 0) is 19.3 Å². The smallest absolute Gasteiger partial charge is 0.265 e. The van der Waals surface area contributed by atoms with Crippen molar-refractivity contribution in [3.8, 4) is 0 Å². The maximum atomic E-state index is 11.4. The van der Waals surface area contributed by atoms with E-state index in [9.17, 15) is 9.59 Å². The largest absolute Gasteiger partial charge is 0.343 e. The van der Waals surface area contributed by atoms with Gasteiger partial charge >= 0.3 is 0 Å².